The molecule has 0 atom stereocenters. The summed E-state index contributed by atoms with van der Waals surface area (Å²) in [6.07, 6.45) is 18.6. The Morgan fingerprint density at radius 2 is 1.77 bits per heavy atom. The largest absolute Gasteiger partial charge is 0.297 e. The van der Waals surface area contributed by atoms with Crippen LogP contribution in [0.25, 0.3) is 0 Å². The van der Waals surface area contributed by atoms with E-state index in [0.29, 0.717) is 5.41 Å². The van der Waals surface area contributed by atoms with Crippen molar-refractivity contribution < 1.29 is 0 Å². The summed E-state index contributed by atoms with van der Waals surface area (Å²) in [5.74, 6) is 0. The van der Waals surface area contributed by atoms with Gasteiger partial charge in [-0.2, -0.15) is 0 Å². The maximum absolute atomic E-state index is 3.95. The lowest BCUT2D eigenvalue weighted by Gasteiger charge is -2.32. The van der Waals surface area contributed by atoms with Gasteiger partial charge in [0.25, 0.3) is 0 Å². The molecule has 22 heavy (non-hydrogen) atoms. The summed E-state index contributed by atoms with van der Waals surface area (Å²) in [4.78, 5) is 3.95. The van der Waals surface area contributed by atoms with Crippen molar-refractivity contribution in [1.29, 1.82) is 0 Å². The van der Waals surface area contributed by atoms with E-state index in [1.54, 1.807) is 12.6 Å². The van der Waals surface area contributed by atoms with E-state index in [9.17, 15) is 0 Å². The molecule has 0 unspecified atom stereocenters. The fourth-order valence-corrected chi connectivity index (χ4v) is 2.88. The predicted octanol–water partition coefficient (Wildman–Crippen LogP) is 6.22. The highest BCUT2D eigenvalue weighted by Crippen LogP contribution is 2.40. The number of allylic oxidation sites excluding steroid dienone is 10. The Morgan fingerprint density at radius 3 is 2.41 bits per heavy atom. The molecule has 0 heterocycles. The van der Waals surface area contributed by atoms with E-state index in [1.165, 1.54) is 36.0 Å². The Morgan fingerprint density at radius 1 is 1.09 bits per heavy atom. The molecule has 0 aliphatic heterocycles. The van der Waals surface area contributed by atoms with E-state index in [4.69, 9.17) is 0 Å². The first-order chi connectivity index (χ1) is 10.4. The summed E-state index contributed by atoms with van der Waals surface area (Å²) in [7, 11) is 1.78. The van der Waals surface area contributed by atoms with E-state index < -0.39 is 0 Å². The topological polar surface area (TPSA) is 12.4 Å². The van der Waals surface area contributed by atoms with Crippen LogP contribution in [0.1, 0.15) is 53.9 Å². The fraction of sp³-hybridized carbons (Fsp3) is 0.476. The first-order valence-electron chi connectivity index (χ1n) is 8.19. The summed E-state index contributed by atoms with van der Waals surface area (Å²) in [6.45, 7) is 11.2. The van der Waals surface area contributed by atoms with Gasteiger partial charge in [-0.25, -0.2) is 0 Å². The molecule has 0 aromatic carbocycles. The second kappa shape index (κ2) is 8.73. The maximum atomic E-state index is 3.95. The summed E-state index contributed by atoms with van der Waals surface area (Å²) < 4.78 is 0. The number of nitrogens with zero attached hydrogens (tertiary/aromatic N) is 1. The van der Waals surface area contributed by atoms with Crippen molar-refractivity contribution in [3.05, 3.63) is 58.7 Å². The number of hydrogen-bond donors (Lipinski definition) is 0. The van der Waals surface area contributed by atoms with Crippen molar-refractivity contribution in [1.82, 2.24) is 0 Å². The third kappa shape index (κ3) is 6.01. The normalized spacial score (nSPS) is 20.8. The van der Waals surface area contributed by atoms with Crippen molar-refractivity contribution in [2.45, 2.75) is 53.9 Å². The average molecular weight is 297 g/mol. The molecule has 0 saturated carbocycles. The molecule has 1 rings (SSSR count). The molecule has 0 fully saturated rings. The molecule has 120 valence electrons. The zero-order valence-corrected chi connectivity index (χ0v) is 15.1. The fourth-order valence-electron chi connectivity index (χ4n) is 2.88. The van der Waals surface area contributed by atoms with Crippen LogP contribution in [-0.2, 0) is 0 Å². The van der Waals surface area contributed by atoms with E-state index in [2.05, 4.69) is 70.0 Å². The molecule has 1 aliphatic rings. The minimum atomic E-state index is 0.313. The lowest BCUT2D eigenvalue weighted by atomic mass is 9.72. The number of hydrogen-bond acceptors (Lipinski definition) is 1. The molecule has 0 saturated heterocycles. The van der Waals surface area contributed by atoms with Crippen LogP contribution in [0.2, 0.25) is 0 Å². The van der Waals surface area contributed by atoms with E-state index >= 15 is 0 Å². The SMILES string of the molecule is CN=C\C=C(C)/C=C/C=C(C)/C=C/C1=C(C)CCCC1(C)C. The summed E-state index contributed by atoms with van der Waals surface area (Å²) in [6, 6.07) is 0. The van der Waals surface area contributed by atoms with Crippen LogP contribution in [0.3, 0.4) is 0 Å². The van der Waals surface area contributed by atoms with Gasteiger partial charge in [-0.05, 0) is 62.7 Å². The van der Waals surface area contributed by atoms with Gasteiger partial charge in [0.15, 0.2) is 0 Å². The van der Waals surface area contributed by atoms with Gasteiger partial charge in [-0.15, -0.1) is 0 Å². The van der Waals surface area contributed by atoms with Crippen molar-refractivity contribution in [3.8, 4) is 0 Å². The molecule has 0 N–H and O–H groups in total. The van der Waals surface area contributed by atoms with Gasteiger partial charge in [0, 0.05) is 13.3 Å². The predicted molar refractivity (Wildman–Crippen MR) is 101 cm³/mol. The maximum Gasteiger partial charge on any atom is 0.0277 e. The first kappa shape index (κ1) is 18.4. The van der Waals surface area contributed by atoms with Gasteiger partial charge in [0.1, 0.15) is 0 Å². The molecule has 0 bridgehead atoms. The van der Waals surface area contributed by atoms with Crippen molar-refractivity contribution in [2.24, 2.45) is 10.4 Å². The summed E-state index contributed by atoms with van der Waals surface area (Å²) >= 11 is 0. The lowest BCUT2D eigenvalue weighted by Crippen LogP contribution is -2.19. The Kier molecular flexibility index (Phi) is 7.31. The molecule has 0 aromatic heterocycles. The quantitative estimate of drug-likeness (QED) is 0.422. The zero-order valence-electron chi connectivity index (χ0n) is 15.1. The highest BCUT2D eigenvalue weighted by molar-refractivity contribution is 5.72. The molecule has 1 nitrogen and oxygen atoms in total. The van der Waals surface area contributed by atoms with Crippen LogP contribution in [0.4, 0.5) is 0 Å². The molecule has 0 amide bonds. The molecule has 0 spiro atoms. The molecular weight excluding hydrogens is 266 g/mol. The Balaban J connectivity index is 2.77. The smallest absolute Gasteiger partial charge is 0.0277 e. The number of aliphatic imine (C=N–C) groups is 1. The average Bonchev–Trinajstić information content (AvgIpc) is 2.43. The van der Waals surface area contributed by atoms with Gasteiger partial charge in [-0.3, -0.25) is 4.99 Å². The van der Waals surface area contributed by atoms with Crippen LogP contribution in [0.15, 0.2) is 63.7 Å². The van der Waals surface area contributed by atoms with Crippen LogP contribution in [0.5, 0.6) is 0 Å². The standard InChI is InChI=1S/C21H31N/c1-17(9-7-10-18(2)14-16-22-6)12-13-20-19(3)11-8-15-21(20,4)5/h7,9-10,12-14,16H,8,11,15H2,1-6H3/b10-7+,13-12+,17-9+,18-14-,22-16?. The first-order valence-corrected chi connectivity index (χ1v) is 8.19. The third-order valence-corrected chi connectivity index (χ3v) is 4.26. The van der Waals surface area contributed by atoms with Gasteiger partial charge in [0.05, 0.1) is 0 Å². The van der Waals surface area contributed by atoms with Gasteiger partial charge < -0.3 is 0 Å². The summed E-state index contributed by atoms with van der Waals surface area (Å²) in [5, 5.41) is 0. The van der Waals surface area contributed by atoms with Crippen molar-refractivity contribution in [2.75, 3.05) is 7.05 Å². The zero-order chi connectivity index (χ0) is 16.6. The molecule has 1 aliphatic carbocycles. The second-order valence-electron chi connectivity index (χ2n) is 6.85. The van der Waals surface area contributed by atoms with Gasteiger partial charge in [-0.1, -0.05) is 55.4 Å². The third-order valence-electron chi connectivity index (χ3n) is 4.26. The van der Waals surface area contributed by atoms with Gasteiger partial charge in [0.2, 0.25) is 0 Å². The minimum Gasteiger partial charge on any atom is -0.297 e. The van der Waals surface area contributed by atoms with Gasteiger partial charge >= 0.3 is 0 Å². The van der Waals surface area contributed by atoms with Crippen molar-refractivity contribution in [3.63, 3.8) is 0 Å². The minimum absolute atomic E-state index is 0.313. The Labute approximate surface area is 136 Å². The molecule has 0 radical (unpaired) electrons. The van der Waals surface area contributed by atoms with Crippen molar-refractivity contribution >= 4 is 6.21 Å². The molecule has 1 heteroatoms. The Bertz CT molecular complexity index is 548. The highest BCUT2D eigenvalue weighted by Gasteiger charge is 2.26. The van der Waals surface area contributed by atoms with Crippen LogP contribution in [-0.4, -0.2) is 13.3 Å². The van der Waals surface area contributed by atoms with E-state index in [1.807, 2.05) is 12.3 Å². The van der Waals surface area contributed by atoms with Crippen LogP contribution < -0.4 is 0 Å². The van der Waals surface area contributed by atoms with E-state index in [0.717, 1.165) is 0 Å². The summed E-state index contributed by atoms with van der Waals surface area (Å²) in [5.41, 5.74) is 5.85. The van der Waals surface area contributed by atoms with E-state index in [-0.39, 0.29) is 0 Å². The van der Waals surface area contributed by atoms with Crippen LogP contribution >= 0.6 is 0 Å². The second-order valence-corrected chi connectivity index (χ2v) is 6.85. The Hall–Kier alpha value is -1.63. The van der Waals surface area contributed by atoms with Crippen LogP contribution in [0, 0.1) is 5.41 Å². The molecule has 0 aromatic rings. The molecular formula is C21H31N. The highest BCUT2D eigenvalue weighted by atomic mass is 14.6. The lowest BCUT2D eigenvalue weighted by molar-refractivity contribution is 0.377. The monoisotopic (exact) mass is 297 g/mol. The number of rotatable bonds is 5.